The van der Waals surface area contributed by atoms with Crippen LogP contribution < -0.4 is 4.74 Å². The van der Waals surface area contributed by atoms with Crippen molar-refractivity contribution in [2.24, 2.45) is 0 Å². The van der Waals surface area contributed by atoms with Gasteiger partial charge in [0.05, 0.1) is 7.11 Å². The molecule has 0 radical (unpaired) electrons. The summed E-state index contributed by atoms with van der Waals surface area (Å²) in [4.78, 5) is 12.4. The minimum absolute atomic E-state index is 0.120. The summed E-state index contributed by atoms with van der Waals surface area (Å²) >= 11 is 0. The normalized spacial score (nSPS) is 10.8. The molecule has 0 fully saturated rings. The Kier molecular flexibility index (Phi) is 4.53. The Hall–Kier alpha value is -2.86. The second kappa shape index (κ2) is 6.53. The Labute approximate surface area is 124 Å². The number of aryl methyl sites for hydroxylation is 1. The largest absolute Gasteiger partial charge is 0.497 e. The number of carbonyl (C=O) groups is 1. The summed E-state index contributed by atoms with van der Waals surface area (Å²) in [5, 5.41) is 9.25. The van der Waals surface area contributed by atoms with Gasteiger partial charge in [0, 0.05) is 5.56 Å². The first-order valence-electron chi connectivity index (χ1n) is 6.52. The van der Waals surface area contributed by atoms with Crippen molar-refractivity contribution in [1.82, 2.24) is 0 Å². The van der Waals surface area contributed by atoms with E-state index in [9.17, 15) is 10.1 Å². The van der Waals surface area contributed by atoms with Gasteiger partial charge in [-0.15, -0.1) is 0 Å². The zero-order valence-corrected chi connectivity index (χ0v) is 12.0. The first-order valence-corrected chi connectivity index (χ1v) is 6.52. The van der Waals surface area contributed by atoms with Crippen LogP contribution in [0.3, 0.4) is 0 Å². The van der Waals surface area contributed by atoms with E-state index < -0.39 is 0 Å². The van der Waals surface area contributed by atoms with Crippen molar-refractivity contribution < 1.29 is 9.53 Å². The molecule has 2 rings (SSSR count). The van der Waals surface area contributed by atoms with Gasteiger partial charge in [0.1, 0.15) is 17.4 Å². The first-order chi connectivity index (χ1) is 10.2. The molecule has 0 unspecified atom stereocenters. The Morgan fingerprint density at radius 2 is 1.81 bits per heavy atom. The average molecular weight is 277 g/mol. The van der Waals surface area contributed by atoms with E-state index in [1.54, 1.807) is 37.5 Å². The van der Waals surface area contributed by atoms with Crippen LogP contribution in [0.5, 0.6) is 5.75 Å². The Balaban J connectivity index is 2.35. The summed E-state index contributed by atoms with van der Waals surface area (Å²) in [6, 6.07) is 16.3. The van der Waals surface area contributed by atoms with Crippen LogP contribution in [0.15, 0.2) is 54.1 Å². The maximum Gasteiger partial charge on any atom is 0.203 e. The molecular weight excluding hydrogens is 262 g/mol. The van der Waals surface area contributed by atoms with Crippen molar-refractivity contribution in [2.45, 2.75) is 6.92 Å². The molecule has 3 nitrogen and oxygen atoms in total. The number of rotatable bonds is 4. The number of nitriles is 1. The third-order valence-electron chi connectivity index (χ3n) is 3.21. The zero-order chi connectivity index (χ0) is 15.2. The highest BCUT2D eigenvalue weighted by Crippen LogP contribution is 2.17. The molecule has 0 amide bonds. The number of Topliss-reactive ketones (excluding diaryl/α,β-unsaturated/α-hetero) is 1. The molecule has 0 bridgehead atoms. The topological polar surface area (TPSA) is 50.1 Å². The third kappa shape index (κ3) is 3.37. The van der Waals surface area contributed by atoms with Crippen molar-refractivity contribution in [1.29, 1.82) is 5.26 Å². The van der Waals surface area contributed by atoms with Gasteiger partial charge >= 0.3 is 0 Å². The number of ether oxygens (including phenoxy) is 1. The van der Waals surface area contributed by atoms with Gasteiger partial charge in [-0.2, -0.15) is 5.26 Å². The van der Waals surface area contributed by atoms with Crippen LogP contribution in [0.25, 0.3) is 6.08 Å². The second-order valence-corrected chi connectivity index (χ2v) is 4.58. The molecule has 0 atom stereocenters. The summed E-state index contributed by atoms with van der Waals surface area (Å²) in [5.41, 5.74) is 2.48. The molecule has 0 N–H and O–H groups in total. The van der Waals surface area contributed by atoms with Crippen LogP contribution >= 0.6 is 0 Å². The Bertz CT molecular complexity index is 722. The predicted molar refractivity (Wildman–Crippen MR) is 82.1 cm³/mol. The average Bonchev–Trinajstić information content (AvgIpc) is 2.53. The second-order valence-electron chi connectivity index (χ2n) is 4.58. The predicted octanol–water partition coefficient (Wildman–Crippen LogP) is 3.79. The number of allylic oxidation sites excluding steroid dienone is 1. The van der Waals surface area contributed by atoms with Crippen LogP contribution in [0, 0.1) is 18.3 Å². The van der Waals surface area contributed by atoms with Crippen LogP contribution in [0.1, 0.15) is 21.5 Å². The number of carbonyl (C=O) groups excluding carboxylic acids is 1. The Morgan fingerprint density at radius 3 is 2.38 bits per heavy atom. The number of hydrogen-bond acceptors (Lipinski definition) is 3. The fraction of sp³-hybridized carbons (Fsp3) is 0.111. The van der Waals surface area contributed by atoms with Crippen molar-refractivity contribution in [2.75, 3.05) is 7.11 Å². The van der Waals surface area contributed by atoms with E-state index in [-0.39, 0.29) is 11.4 Å². The minimum Gasteiger partial charge on any atom is -0.497 e. The minimum atomic E-state index is -0.289. The van der Waals surface area contributed by atoms with E-state index in [1.165, 1.54) is 0 Å². The molecule has 104 valence electrons. The molecule has 0 saturated carbocycles. The van der Waals surface area contributed by atoms with Crippen molar-refractivity contribution in [3.63, 3.8) is 0 Å². The van der Waals surface area contributed by atoms with Gasteiger partial charge in [-0.25, -0.2) is 0 Å². The molecule has 0 spiro atoms. The molecule has 3 heteroatoms. The maximum absolute atomic E-state index is 12.4. The lowest BCUT2D eigenvalue weighted by atomic mass is 10.00. The molecule has 2 aromatic rings. The van der Waals surface area contributed by atoms with Gasteiger partial charge in [0.2, 0.25) is 5.78 Å². The van der Waals surface area contributed by atoms with Gasteiger partial charge in [-0.1, -0.05) is 24.3 Å². The van der Waals surface area contributed by atoms with Gasteiger partial charge in [-0.05, 0) is 48.4 Å². The number of hydrogen-bond donors (Lipinski definition) is 0. The maximum atomic E-state index is 12.4. The highest BCUT2D eigenvalue weighted by Gasteiger charge is 2.12. The summed E-state index contributed by atoms with van der Waals surface area (Å²) in [7, 11) is 1.57. The van der Waals surface area contributed by atoms with Crippen LogP contribution in [0.4, 0.5) is 0 Å². The molecule has 0 aliphatic rings. The van der Waals surface area contributed by atoms with Crippen LogP contribution in [-0.2, 0) is 0 Å². The highest BCUT2D eigenvalue weighted by molar-refractivity contribution is 6.14. The van der Waals surface area contributed by atoms with E-state index in [1.807, 2.05) is 37.3 Å². The number of nitrogens with zero attached hydrogens (tertiary/aromatic N) is 1. The third-order valence-corrected chi connectivity index (χ3v) is 3.21. The number of ketones is 1. The number of methoxy groups -OCH3 is 1. The summed E-state index contributed by atoms with van der Waals surface area (Å²) in [6.07, 6.45) is 1.63. The standard InChI is InChI=1S/C18H15NO2/c1-13-5-3-4-6-15(13)11-16(12-19)18(20)14-7-9-17(21-2)10-8-14/h3-11H,1-2H3/b16-11+. The molecule has 2 aromatic carbocycles. The van der Waals surface area contributed by atoms with Crippen LogP contribution in [-0.4, -0.2) is 12.9 Å². The van der Waals surface area contributed by atoms with Crippen molar-refractivity contribution in [3.05, 3.63) is 70.8 Å². The summed E-state index contributed by atoms with van der Waals surface area (Å²) in [6.45, 7) is 1.94. The van der Waals surface area contributed by atoms with E-state index >= 15 is 0 Å². The fourth-order valence-electron chi connectivity index (χ4n) is 1.95. The van der Waals surface area contributed by atoms with E-state index in [0.717, 1.165) is 11.1 Å². The molecule has 0 saturated heterocycles. The zero-order valence-electron chi connectivity index (χ0n) is 12.0. The molecule has 0 aromatic heterocycles. The molecule has 0 aliphatic carbocycles. The van der Waals surface area contributed by atoms with E-state index in [2.05, 4.69) is 0 Å². The van der Waals surface area contributed by atoms with Crippen molar-refractivity contribution >= 4 is 11.9 Å². The molecule has 0 heterocycles. The molecule has 21 heavy (non-hydrogen) atoms. The Morgan fingerprint density at radius 1 is 1.14 bits per heavy atom. The van der Waals surface area contributed by atoms with Gasteiger partial charge in [0.15, 0.2) is 0 Å². The van der Waals surface area contributed by atoms with E-state index in [0.29, 0.717) is 11.3 Å². The lowest BCUT2D eigenvalue weighted by molar-refractivity contribution is 0.104. The first kappa shape index (κ1) is 14.5. The highest BCUT2D eigenvalue weighted by atomic mass is 16.5. The van der Waals surface area contributed by atoms with E-state index in [4.69, 9.17) is 4.74 Å². The van der Waals surface area contributed by atoms with Gasteiger partial charge in [-0.3, -0.25) is 4.79 Å². The fourth-order valence-corrected chi connectivity index (χ4v) is 1.95. The monoisotopic (exact) mass is 277 g/mol. The SMILES string of the molecule is COc1ccc(C(=O)/C(C#N)=C/c2ccccc2C)cc1. The lowest BCUT2D eigenvalue weighted by Crippen LogP contribution is -2.02. The van der Waals surface area contributed by atoms with Crippen molar-refractivity contribution in [3.8, 4) is 11.8 Å². The summed E-state index contributed by atoms with van der Waals surface area (Å²) in [5.74, 6) is 0.386. The lowest BCUT2D eigenvalue weighted by Gasteiger charge is -2.03. The number of benzene rings is 2. The smallest absolute Gasteiger partial charge is 0.203 e. The van der Waals surface area contributed by atoms with Gasteiger partial charge in [0.25, 0.3) is 0 Å². The van der Waals surface area contributed by atoms with Crippen LogP contribution in [0.2, 0.25) is 0 Å². The summed E-state index contributed by atoms with van der Waals surface area (Å²) < 4.78 is 5.06. The quantitative estimate of drug-likeness (QED) is 0.485. The molecular formula is C18H15NO2. The molecule has 0 aliphatic heterocycles. The van der Waals surface area contributed by atoms with Gasteiger partial charge < -0.3 is 4.74 Å².